The molecular formula is C21H24N2O4. The van der Waals surface area contributed by atoms with Crippen molar-refractivity contribution < 1.29 is 19.1 Å². The Bertz CT molecular complexity index is 815. The molecule has 2 rings (SSSR count). The van der Waals surface area contributed by atoms with E-state index in [1.807, 2.05) is 13.8 Å². The minimum absolute atomic E-state index is 0.0629. The van der Waals surface area contributed by atoms with Crippen molar-refractivity contribution in [3.8, 4) is 0 Å². The second-order valence-electron chi connectivity index (χ2n) is 6.12. The van der Waals surface area contributed by atoms with Gasteiger partial charge in [-0.3, -0.25) is 9.59 Å². The Morgan fingerprint density at radius 2 is 1.56 bits per heavy atom. The standard InChI is InChI=1S/C21H24N2O4/c1-4-14(3)22-19(24)16-7-6-8-17(13-16)20(25)23-18-11-9-15(10-12-18)21(26)27-5-2/h6-14H,4-5H2,1-3H3,(H,22,24)(H,23,25). The summed E-state index contributed by atoms with van der Waals surface area (Å²) in [5.41, 5.74) is 1.77. The van der Waals surface area contributed by atoms with Crippen molar-refractivity contribution >= 4 is 23.5 Å². The highest BCUT2D eigenvalue weighted by Crippen LogP contribution is 2.13. The lowest BCUT2D eigenvalue weighted by Crippen LogP contribution is -2.32. The lowest BCUT2D eigenvalue weighted by atomic mass is 10.1. The van der Waals surface area contributed by atoms with E-state index < -0.39 is 5.97 Å². The van der Waals surface area contributed by atoms with Gasteiger partial charge in [-0.2, -0.15) is 0 Å². The maximum atomic E-state index is 12.5. The summed E-state index contributed by atoms with van der Waals surface area (Å²) in [4.78, 5) is 36.3. The first-order valence-corrected chi connectivity index (χ1v) is 8.94. The minimum atomic E-state index is -0.407. The van der Waals surface area contributed by atoms with Crippen molar-refractivity contribution in [2.75, 3.05) is 11.9 Å². The molecule has 1 unspecified atom stereocenters. The van der Waals surface area contributed by atoms with Crippen molar-refractivity contribution in [1.82, 2.24) is 5.32 Å². The van der Waals surface area contributed by atoms with Gasteiger partial charge in [0.1, 0.15) is 0 Å². The molecule has 0 bridgehead atoms. The fourth-order valence-electron chi connectivity index (χ4n) is 2.32. The molecule has 0 radical (unpaired) electrons. The lowest BCUT2D eigenvalue weighted by molar-refractivity contribution is 0.0526. The van der Waals surface area contributed by atoms with Gasteiger partial charge < -0.3 is 15.4 Å². The van der Waals surface area contributed by atoms with Crippen LogP contribution in [0.2, 0.25) is 0 Å². The number of carbonyl (C=O) groups is 3. The van der Waals surface area contributed by atoms with Gasteiger partial charge in [0.25, 0.3) is 11.8 Å². The molecule has 1 atom stereocenters. The van der Waals surface area contributed by atoms with E-state index in [0.29, 0.717) is 29.0 Å². The maximum Gasteiger partial charge on any atom is 0.338 e. The van der Waals surface area contributed by atoms with Gasteiger partial charge in [-0.15, -0.1) is 0 Å². The molecule has 0 saturated carbocycles. The zero-order chi connectivity index (χ0) is 19.8. The van der Waals surface area contributed by atoms with Crippen LogP contribution in [-0.4, -0.2) is 30.4 Å². The molecule has 0 aliphatic heterocycles. The second-order valence-corrected chi connectivity index (χ2v) is 6.12. The predicted molar refractivity (Wildman–Crippen MR) is 104 cm³/mol. The van der Waals surface area contributed by atoms with Crippen molar-refractivity contribution in [2.45, 2.75) is 33.2 Å². The van der Waals surface area contributed by atoms with Gasteiger partial charge in [0.15, 0.2) is 0 Å². The highest BCUT2D eigenvalue weighted by atomic mass is 16.5. The van der Waals surface area contributed by atoms with E-state index in [-0.39, 0.29) is 17.9 Å². The summed E-state index contributed by atoms with van der Waals surface area (Å²) in [5.74, 6) is -0.953. The van der Waals surface area contributed by atoms with Crippen LogP contribution in [0.3, 0.4) is 0 Å². The van der Waals surface area contributed by atoms with Crippen LogP contribution in [0.5, 0.6) is 0 Å². The third-order valence-corrected chi connectivity index (χ3v) is 4.03. The van der Waals surface area contributed by atoms with Crippen molar-refractivity contribution in [3.05, 3.63) is 65.2 Å². The Morgan fingerprint density at radius 3 is 2.15 bits per heavy atom. The summed E-state index contributed by atoms with van der Waals surface area (Å²) < 4.78 is 4.93. The molecule has 0 aliphatic carbocycles. The van der Waals surface area contributed by atoms with E-state index in [1.165, 1.54) is 0 Å². The summed E-state index contributed by atoms with van der Waals surface area (Å²) >= 11 is 0. The number of hydrogen-bond donors (Lipinski definition) is 2. The van der Waals surface area contributed by atoms with Gasteiger partial charge in [-0.25, -0.2) is 4.79 Å². The molecule has 0 aromatic heterocycles. The SMILES string of the molecule is CCOC(=O)c1ccc(NC(=O)c2cccc(C(=O)NC(C)CC)c2)cc1. The fraction of sp³-hybridized carbons (Fsp3) is 0.286. The second kappa shape index (κ2) is 9.52. The maximum absolute atomic E-state index is 12.5. The lowest BCUT2D eigenvalue weighted by Gasteiger charge is -2.12. The van der Waals surface area contributed by atoms with Crippen LogP contribution < -0.4 is 10.6 Å². The van der Waals surface area contributed by atoms with E-state index in [2.05, 4.69) is 10.6 Å². The topological polar surface area (TPSA) is 84.5 Å². The van der Waals surface area contributed by atoms with Gasteiger partial charge in [0.2, 0.25) is 0 Å². The molecule has 0 aliphatic rings. The van der Waals surface area contributed by atoms with Gasteiger partial charge in [0.05, 0.1) is 12.2 Å². The molecular weight excluding hydrogens is 344 g/mol. The average Bonchev–Trinajstić information content (AvgIpc) is 2.68. The molecule has 6 nitrogen and oxygen atoms in total. The monoisotopic (exact) mass is 368 g/mol. The highest BCUT2D eigenvalue weighted by Gasteiger charge is 2.13. The first kappa shape index (κ1) is 20.2. The van der Waals surface area contributed by atoms with E-state index in [9.17, 15) is 14.4 Å². The highest BCUT2D eigenvalue weighted by molar-refractivity contribution is 6.06. The summed E-state index contributed by atoms with van der Waals surface area (Å²) in [7, 11) is 0. The Kier molecular flexibility index (Phi) is 7.11. The van der Waals surface area contributed by atoms with Crippen LogP contribution in [0.15, 0.2) is 48.5 Å². The number of carbonyl (C=O) groups excluding carboxylic acids is 3. The quantitative estimate of drug-likeness (QED) is 0.731. The molecule has 2 aromatic carbocycles. The molecule has 27 heavy (non-hydrogen) atoms. The number of benzene rings is 2. The van der Waals surface area contributed by atoms with Crippen molar-refractivity contribution in [3.63, 3.8) is 0 Å². The van der Waals surface area contributed by atoms with E-state index in [0.717, 1.165) is 6.42 Å². The number of ether oxygens (including phenoxy) is 1. The number of hydrogen-bond acceptors (Lipinski definition) is 4. The van der Waals surface area contributed by atoms with Gasteiger partial charge in [-0.1, -0.05) is 13.0 Å². The Morgan fingerprint density at radius 1 is 0.926 bits per heavy atom. The molecule has 2 amide bonds. The summed E-state index contributed by atoms with van der Waals surface area (Å²) in [6.45, 7) is 5.96. The molecule has 2 N–H and O–H groups in total. The predicted octanol–water partition coefficient (Wildman–Crippen LogP) is 3.64. The van der Waals surface area contributed by atoms with Crippen LogP contribution in [-0.2, 0) is 4.74 Å². The number of rotatable bonds is 7. The fourth-order valence-corrected chi connectivity index (χ4v) is 2.32. The number of amides is 2. The van der Waals surface area contributed by atoms with Gasteiger partial charge in [0, 0.05) is 22.9 Å². The third-order valence-electron chi connectivity index (χ3n) is 4.03. The average molecular weight is 368 g/mol. The van der Waals surface area contributed by atoms with Gasteiger partial charge >= 0.3 is 5.97 Å². The summed E-state index contributed by atoms with van der Waals surface area (Å²) in [6, 6.07) is 13.0. The van der Waals surface area contributed by atoms with Crippen LogP contribution in [0.25, 0.3) is 0 Å². The Balaban J connectivity index is 2.06. The number of nitrogens with one attached hydrogen (secondary N) is 2. The van der Waals surface area contributed by atoms with Crippen molar-refractivity contribution in [1.29, 1.82) is 0 Å². The Hall–Kier alpha value is -3.15. The van der Waals surface area contributed by atoms with E-state index >= 15 is 0 Å². The third kappa shape index (κ3) is 5.67. The molecule has 0 fully saturated rings. The number of anilines is 1. The van der Waals surface area contributed by atoms with E-state index in [1.54, 1.807) is 55.5 Å². The van der Waals surface area contributed by atoms with Crippen molar-refractivity contribution in [2.24, 2.45) is 0 Å². The van der Waals surface area contributed by atoms with Crippen LogP contribution >= 0.6 is 0 Å². The Labute approximate surface area is 158 Å². The molecule has 142 valence electrons. The van der Waals surface area contributed by atoms with Crippen LogP contribution in [0, 0.1) is 0 Å². The van der Waals surface area contributed by atoms with Crippen LogP contribution in [0.4, 0.5) is 5.69 Å². The first-order valence-electron chi connectivity index (χ1n) is 8.94. The minimum Gasteiger partial charge on any atom is -0.462 e. The molecule has 2 aromatic rings. The molecule has 0 spiro atoms. The normalized spacial score (nSPS) is 11.4. The smallest absolute Gasteiger partial charge is 0.338 e. The largest absolute Gasteiger partial charge is 0.462 e. The van der Waals surface area contributed by atoms with E-state index in [4.69, 9.17) is 4.74 Å². The summed E-state index contributed by atoms with van der Waals surface area (Å²) in [6.07, 6.45) is 0.827. The number of esters is 1. The molecule has 0 heterocycles. The zero-order valence-corrected chi connectivity index (χ0v) is 15.7. The molecule has 6 heteroatoms. The zero-order valence-electron chi connectivity index (χ0n) is 15.7. The van der Waals surface area contributed by atoms with Gasteiger partial charge in [-0.05, 0) is 62.7 Å². The molecule has 0 saturated heterocycles. The first-order chi connectivity index (χ1) is 12.9. The van der Waals surface area contributed by atoms with Crippen LogP contribution in [0.1, 0.15) is 58.3 Å². The summed E-state index contributed by atoms with van der Waals surface area (Å²) in [5, 5.41) is 5.63.